The number of anilines is 1. The van der Waals surface area contributed by atoms with Gasteiger partial charge in [-0.1, -0.05) is 6.92 Å². The van der Waals surface area contributed by atoms with Crippen molar-refractivity contribution in [3.8, 4) is 0 Å². The predicted octanol–water partition coefficient (Wildman–Crippen LogP) is 2.14. The summed E-state index contributed by atoms with van der Waals surface area (Å²) in [5.41, 5.74) is 6.94. The number of aromatic carboxylic acids is 1. The highest BCUT2D eigenvalue weighted by atomic mass is 32.2. The Labute approximate surface area is 105 Å². The molecule has 1 unspecified atom stereocenters. The Hall–Kier alpha value is -1.20. The Morgan fingerprint density at radius 1 is 1.53 bits per heavy atom. The first-order valence-corrected chi connectivity index (χ1v) is 6.24. The minimum Gasteiger partial charge on any atom is -0.478 e. The van der Waals surface area contributed by atoms with Crippen LogP contribution in [0.1, 0.15) is 29.3 Å². The van der Waals surface area contributed by atoms with Crippen molar-refractivity contribution in [2.75, 3.05) is 12.3 Å². The van der Waals surface area contributed by atoms with E-state index in [9.17, 15) is 4.79 Å². The van der Waals surface area contributed by atoms with Crippen LogP contribution in [0.2, 0.25) is 0 Å². The maximum absolute atomic E-state index is 11.0. The van der Waals surface area contributed by atoms with Crippen molar-refractivity contribution in [3.63, 3.8) is 0 Å². The molecule has 0 saturated heterocycles. The van der Waals surface area contributed by atoms with Crippen molar-refractivity contribution >= 4 is 23.4 Å². The summed E-state index contributed by atoms with van der Waals surface area (Å²) in [5.74, 6) is -1.01. The Morgan fingerprint density at radius 2 is 2.18 bits per heavy atom. The molecule has 0 amide bonds. The van der Waals surface area contributed by atoms with E-state index in [1.807, 2.05) is 13.0 Å². The van der Waals surface area contributed by atoms with E-state index in [0.717, 1.165) is 10.5 Å². The third kappa shape index (κ3) is 3.64. The molecule has 0 aromatic heterocycles. The smallest absolute Gasteiger partial charge is 0.337 e. The Bertz CT molecular complexity index is 420. The molecule has 0 saturated carbocycles. The van der Waals surface area contributed by atoms with Gasteiger partial charge in [-0.15, -0.1) is 11.8 Å². The molecular weight excluding hydrogens is 238 g/mol. The van der Waals surface area contributed by atoms with Crippen molar-refractivity contribution in [1.29, 1.82) is 0 Å². The molecule has 94 valence electrons. The number of nitrogens with two attached hydrogens (primary N) is 1. The van der Waals surface area contributed by atoms with Gasteiger partial charge in [0, 0.05) is 22.4 Å². The molecule has 4 nitrogen and oxygen atoms in total. The summed E-state index contributed by atoms with van der Waals surface area (Å²) in [5, 5.41) is 18.1. The van der Waals surface area contributed by atoms with Gasteiger partial charge in [-0.3, -0.25) is 0 Å². The van der Waals surface area contributed by atoms with E-state index in [1.54, 1.807) is 24.8 Å². The normalized spacial score (nSPS) is 12.4. The van der Waals surface area contributed by atoms with Crippen LogP contribution in [0.4, 0.5) is 5.69 Å². The van der Waals surface area contributed by atoms with Crippen LogP contribution in [0.25, 0.3) is 0 Å². The number of hydrogen-bond donors (Lipinski definition) is 3. The van der Waals surface area contributed by atoms with Crippen molar-refractivity contribution in [2.24, 2.45) is 0 Å². The monoisotopic (exact) mass is 255 g/mol. The first kappa shape index (κ1) is 13.9. The molecule has 0 heterocycles. The number of rotatable bonds is 5. The van der Waals surface area contributed by atoms with Crippen molar-refractivity contribution in [3.05, 3.63) is 23.3 Å². The van der Waals surface area contributed by atoms with Crippen LogP contribution < -0.4 is 5.73 Å². The number of aliphatic hydroxyl groups excluding tert-OH is 1. The van der Waals surface area contributed by atoms with Crippen LogP contribution in [-0.4, -0.2) is 28.0 Å². The maximum Gasteiger partial charge on any atom is 0.337 e. The van der Waals surface area contributed by atoms with Gasteiger partial charge in [0.1, 0.15) is 0 Å². The Kier molecular flexibility index (Phi) is 4.84. The van der Waals surface area contributed by atoms with Gasteiger partial charge >= 0.3 is 5.97 Å². The van der Waals surface area contributed by atoms with Gasteiger partial charge in [0.15, 0.2) is 0 Å². The Morgan fingerprint density at radius 3 is 2.71 bits per heavy atom. The largest absolute Gasteiger partial charge is 0.478 e. The zero-order chi connectivity index (χ0) is 13.0. The molecule has 0 fully saturated rings. The van der Waals surface area contributed by atoms with E-state index in [1.165, 1.54) is 0 Å². The van der Waals surface area contributed by atoms with E-state index in [0.29, 0.717) is 12.1 Å². The highest BCUT2D eigenvalue weighted by molar-refractivity contribution is 7.99. The molecule has 17 heavy (non-hydrogen) atoms. The quantitative estimate of drug-likeness (QED) is 0.554. The van der Waals surface area contributed by atoms with Crippen LogP contribution in [0.15, 0.2) is 17.0 Å². The summed E-state index contributed by atoms with van der Waals surface area (Å²) in [6.07, 6.45) is 0.677. The standard InChI is InChI=1S/C12H17NO3S/c1-7-5-9(17-8(2)3-4-14)6-10(11(7)13)12(15)16/h5-6,8,14H,3-4,13H2,1-2H3,(H,15,16). The molecule has 0 aliphatic rings. The summed E-state index contributed by atoms with van der Waals surface area (Å²) in [4.78, 5) is 11.9. The molecule has 0 aliphatic heterocycles. The number of thioether (sulfide) groups is 1. The number of carboxylic acids is 1. The second-order valence-electron chi connectivity index (χ2n) is 3.95. The van der Waals surface area contributed by atoms with E-state index in [2.05, 4.69) is 0 Å². The molecule has 1 rings (SSSR count). The number of benzene rings is 1. The lowest BCUT2D eigenvalue weighted by atomic mass is 10.1. The van der Waals surface area contributed by atoms with E-state index in [4.69, 9.17) is 15.9 Å². The number of carbonyl (C=O) groups is 1. The topological polar surface area (TPSA) is 83.5 Å². The zero-order valence-corrected chi connectivity index (χ0v) is 10.8. The van der Waals surface area contributed by atoms with Crippen molar-refractivity contribution < 1.29 is 15.0 Å². The van der Waals surface area contributed by atoms with Crippen LogP contribution in [0.5, 0.6) is 0 Å². The summed E-state index contributed by atoms with van der Waals surface area (Å²) in [6.45, 7) is 3.92. The molecule has 1 aromatic carbocycles. The van der Waals surface area contributed by atoms with Crippen LogP contribution in [-0.2, 0) is 0 Å². The molecule has 1 atom stereocenters. The number of hydrogen-bond acceptors (Lipinski definition) is 4. The molecule has 0 bridgehead atoms. The highest BCUT2D eigenvalue weighted by Crippen LogP contribution is 2.30. The van der Waals surface area contributed by atoms with Crippen LogP contribution >= 0.6 is 11.8 Å². The van der Waals surface area contributed by atoms with Gasteiger partial charge in [-0.25, -0.2) is 4.79 Å². The van der Waals surface area contributed by atoms with Gasteiger partial charge in [-0.05, 0) is 31.0 Å². The van der Waals surface area contributed by atoms with Gasteiger partial charge in [0.2, 0.25) is 0 Å². The lowest BCUT2D eigenvalue weighted by Crippen LogP contribution is -2.05. The number of aliphatic hydroxyl groups is 1. The summed E-state index contributed by atoms with van der Waals surface area (Å²) < 4.78 is 0. The SMILES string of the molecule is Cc1cc(SC(C)CCO)cc(C(=O)O)c1N. The third-order valence-corrected chi connectivity index (χ3v) is 3.61. The van der Waals surface area contributed by atoms with Crippen molar-refractivity contribution in [1.82, 2.24) is 0 Å². The van der Waals surface area contributed by atoms with Crippen LogP contribution in [0, 0.1) is 6.92 Å². The first-order chi connectivity index (χ1) is 7.95. The predicted molar refractivity (Wildman–Crippen MR) is 69.6 cm³/mol. The molecule has 5 heteroatoms. The van der Waals surface area contributed by atoms with Gasteiger partial charge in [0.25, 0.3) is 0 Å². The fourth-order valence-electron chi connectivity index (χ4n) is 1.48. The highest BCUT2D eigenvalue weighted by Gasteiger charge is 2.13. The minimum absolute atomic E-state index is 0.133. The maximum atomic E-state index is 11.0. The number of carboxylic acid groups (broad SMARTS) is 1. The average Bonchev–Trinajstić information content (AvgIpc) is 2.23. The van der Waals surface area contributed by atoms with Gasteiger partial charge < -0.3 is 15.9 Å². The molecule has 4 N–H and O–H groups in total. The van der Waals surface area contributed by atoms with Gasteiger partial charge in [-0.2, -0.15) is 0 Å². The average molecular weight is 255 g/mol. The minimum atomic E-state index is -1.01. The lowest BCUT2D eigenvalue weighted by molar-refractivity contribution is 0.0697. The van der Waals surface area contributed by atoms with Crippen molar-refractivity contribution in [2.45, 2.75) is 30.4 Å². The second-order valence-corrected chi connectivity index (χ2v) is 5.46. The fraction of sp³-hybridized carbons (Fsp3) is 0.417. The summed E-state index contributed by atoms with van der Waals surface area (Å²) in [7, 11) is 0. The summed E-state index contributed by atoms with van der Waals surface area (Å²) in [6, 6.07) is 3.46. The summed E-state index contributed by atoms with van der Waals surface area (Å²) >= 11 is 1.54. The van der Waals surface area contributed by atoms with E-state index >= 15 is 0 Å². The lowest BCUT2D eigenvalue weighted by Gasteiger charge is -2.12. The first-order valence-electron chi connectivity index (χ1n) is 5.36. The van der Waals surface area contributed by atoms with E-state index in [-0.39, 0.29) is 17.4 Å². The number of aryl methyl sites for hydroxylation is 1. The second kappa shape index (κ2) is 5.93. The van der Waals surface area contributed by atoms with Crippen LogP contribution in [0.3, 0.4) is 0 Å². The van der Waals surface area contributed by atoms with Gasteiger partial charge in [0.05, 0.1) is 5.56 Å². The molecule has 1 aromatic rings. The molecule has 0 spiro atoms. The zero-order valence-electron chi connectivity index (χ0n) is 9.93. The third-order valence-electron chi connectivity index (χ3n) is 2.46. The molecule has 0 aliphatic carbocycles. The van der Waals surface area contributed by atoms with E-state index < -0.39 is 5.97 Å². The molecule has 0 radical (unpaired) electrons. The fourth-order valence-corrected chi connectivity index (χ4v) is 2.60. The Balaban J connectivity index is 2.98. The number of nitrogen functional groups attached to an aromatic ring is 1. The molecular formula is C12H17NO3S.